The van der Waals surface area contributed by atoms with E-state index in [0.717, 1.165) is 22.3 Å². The van der Waals surface area contributed by atoms with Crippen molar-refractivity contribution in [1.29, 1.82) is 0 Å². The molecule has 0 aliphatic rings. The molecule has 0 atom stereocenters. The number of aliphatic imine (C=N–C) groups is 1. The number of nitrogens with zero attached hydrogens (tertiary/aromatic N) is 1. The van der Waals surface area contributed by atoms with Crippen LogP contribution in [0.15, 0.2) is 88.7 Å². The molecule has 0 aromatic rings. The van der Waals surface area contributed by atoms with Crippen molar-refractivity contribution in [2.24, 2.45) is 10.7 Å². The Bertz CT molecular complexity index is 951. The predicted octanol–water partition coefficient (Wildman–Crippen LogP) is 6.09. The largest absolute Gasteiger partial charge is 0.445 e. The Labute approximate surface area is 204 Å². The van der Waals surface area contributed by atoms with Gasteiger partial charge in [-0.15, -0.1) is 0 Å². The number of nitrogens with one attached hydrogen (secondary N) is 1. The molecule has 3 N–H and O–H groups in total. The first-order valence-corrected chi connectivity index (χ1v) is 10.8. The molecule has 0 aromatic heterocycles. The third-order valence-electron chi connectivity index (χ3n) is 4.43. The molecule has 0 aromatic carbocycles. The van der Waals surface area contributed by atoms with Crippen molar-refractivity contribution in [3.05, 3.63) is 83.7 Å². The van der Waals surface area contributed by atoms with Crippen molar-refractivity contribution in [3.63, 3.8) is 0 Å². The lowest BCUT2D eigenvalue weighted by Crippen LogP contribution is -2.28. The zero-order valence-corrected chi connectivity index (χ0v) is 21.6. The van der Waals surface area contributed by atoms with E-state index in [4.69, 9.17) is 15.2 Å². The highest BCUT2D eigenvalue weighted by Gasteiger charge is 2.16. The van der Waals surface area contributed by atoms with Crippen LogP contribution in [0.5, 0.6) is 0 Å². The number of alkyl carbamates (subject to hydrolysis) is 1. The second-order valence-electron chi connectivity index (χ2n) is 8.67. The fourth-order valence-electron chi connectivity index (χ4n) is 2.48. The Hall–Kier alpha value is -3.61. The number of allylic oxidation sites excluding steroid dienone is 7. The van der Waals surface area contributed by atoms with E-state index in [1.165, 1.54) is 0 Å². The first-order chi connectivity index (χ1) is 15.7. The van der Waals surface area contributed by atoms with Gasteiger partial charge in [0, 0.05) is 12.2 Å². The minimum atomic E-state index is -0.683. The summed E-state index contributed by atoms with van der Waals surface area (Å²) in [6, 6.07) is 0. The smallest absolute Gasteiger partial charge is 0.434 e. The average molecular weight is 470 g/mol. The molecule has 0 unspecified atom stereocenters. The number of rotatable bonds is 10. The number of ether oxygens (including phenoxy) is 2. The molecule has 186 valence electrons. The van der Waals surface area contributed by atoms with E-state index in [-0.39, 0.29) is 13.2 Å². The molecule has 7 heteroatoms. The molecule has 34 heavy (non-hydrogen) atoms. The van der Waals surface area contributed by atoms with Gasteiger partial charge in [0.15, 0.2) is 0 Å². The molecule has 0 rings (SSSR count). The third kappa shape index (κ3) is 12.4. The minimum Gasteiger partial charge on any atom is -0.445 e. The number of carbonyl (C=O) groups is 2. The number of hydrogen-bond acceptors (Lipinski definition) is 5. The lowest BCUT2D eigenvalue weighted by molar-refractivity contribution is 0.0604. The summed E-state index contributed by atoms with van der Waals surface area (Å²) in [6.07, 6.45) is 7.15. The number of hydrogen-bond donors (Lipinski definition) is 2. The summed E-state index contributed by atoms with van der Waals surface area (Å²) >= 11 is 0. The molecule has 0 fully saturated rings. The lowest BCUT2D eigenvalue weighted by Gasteiger charge is -2.17. The second kappa shape index (κ2) is 14.5. The molecular formula is C27H39N3O4. The summed E-state index contributed by atoms with van der Waals surface area (Å²) in [5.74, 6) is 0. The van der Waals surface area contributed by atoms with Gasteiger partial charge in [-0.05, 0) is 82.4 Å². The van der Waals surface area contributed by atoms with E-state index < -0.39 is 17.8 Å². The fraction of sp³-hybridized carbons (Fsp3) is 0.370. The Morgan fingerprint density at radius 1 is 1.09 bits per heavy atom. The summed E-state index contributed by atoms with van der Waals surface area (Å²) in [5, 5.41) is 2.71. The van der Waals surface area contributed by atoms with Crippen LogP contribution in [0.1, 0.15) is 48.5 Å². The number of carbonyl (C=O) groups excluding carboxylic acids is 2. The van der Waals surface area contributed by atoms with Crippen LogP contribution < -0.4 is 11.1 Å². The maximum Gasteiger partial charge on any atom is 0.434 e. The van der Waals surface area contributed by atoms with Gasteiger partial charge >= 0.3 is 12.2 Å². The standard InChI is InChI=1S/C27H39N3O4/c1-11-13-22(12-2)17-33-25(31)29-16-23(21(7)28)20(6)19(5)14-15-24(18(3)4)30-26(32)34-27(8,9)10/h11-15H,1-3,16-17,28H2,4-10H3,(H,29,31)/b15-14-,20-19-,22-13+,23-21-,30-24+. The first kappa shape index (κ1) is 30.4. The van der Waals surface area contributed by atoms with Crippen LogP contribution in [0.4, 0.5) is 9.59 Å². The summed E-state index contributed by atoms with van der Waals surface area (Å²) in [6.45, 7) is 24.0. The summed E-state index contributed by atoms with van der Waals surface area (Å²) in [7, 11) is 0. The van der Waals surface area contributed by atoms with Crippen molar-refractivity contribution in [1.82, 2.24) is 5.32 Å². The summed E-state index contributed by atoms with van der Waals surface area (Å²) in [4.78, 5) is 28.2. The molecule has 0 bridgehead atoms. The van der Waals surface area contributed by atoms with Gasteiger partial charge in [0.25, 0.3) is 0 Å². The van der Waals surface area contributed by atoms with E-state index in [0.29, 0.717) is 17.0 Å². The molecule has 0 aliphatic heterocycles. The van der Waals surface area contributed by atoms with Crippen molar-refractivity contribution in [2.45, 2.75) is 54.1 Å². The van der Waals surface area contributed by atoms with Gasteiger partial charge in [0.1, 0.15) is 12.2 Å². The van der Waals surface area contributed by atoms with E-state index in [1.54, 1.807) is 58.9 Å². The molecule has 7 nitrogen and oxygen atoms in total. The summed E-state index contributed by atoms with van der Waals surface area (Å²) in [5.41, 5.74) is 10.2. The molecule has 0 saturated heterocycles. The van der Waals surface area contributed by atoms with Gasteiger partial charge in [-0.25, -0.2) is 9.59 Å². The first-order valence-electron chi connectivity index (χ1n) is 10.8. The number of amides is 2. The van der Waals surface area contributed by atoms with E-state index in [9.17, 15) is 9.59 Å². The van der Waals surface area contributed by atoms with Crippen LogP contribution in [0.2, 0.25) is 0 Å². The van der Waals surface area contributed by atoms with Crippen LogP contribution in [0, 0.1) is 0 Å². The zero-order valence-electron chi connectivity index (χ0n) is 21.6. The van der Waals surface area contributed by atoms with Crippen molar-refractivity contribution in [2.75, 3.05) is 13.2 Å². The molecule has 0 spiro atoms. The Morgan fingerprint density at radius 3 is 2.18 bits per heavy atom. The third-order valence-corrected chi connectivity index (χ3v) is 4.43. The fourth-order valence-corrected chi connectivity index (χ4v) is 2.48. The molecule has 0 heterocycles. The summed E-state index contributed by atoms with van der Waals surface area (Å²) < 4.78 is 10.4. The molecule has 0 saturated carbocycles. The van der Waals surface area contributed by atoms with Crippen LogP contribution in [0.25, 0.3) is 0 Å². The molecule has 2 amide bonds. The van der Waals surface area contributed by atoms with Crippen molar-refractivity contribution >= 4 is 17.9 Å². The van der Waals surface area contributed by atoms with E-state index in [2.05, 4.69) is 30.0 Å². The highest BCUT2D eigenvalue weighted by molar-refractivity contribution is 6.11. The Balaban J connectivity index is 5.50. The topological polar surface area (TPSA) is 103 Å². The maximum atomic E-state index is 12.1. The van der Waals surface area contributed by atoms with Crippen LogP contribution in [-0.2, 0) is 9.47 Å². The number of nitrogens with two attached hydrogens (primary N) is 1. The van der Waals surface area contributed by atoms with E-state index in [1.807, 2.05) is 19.9 Å². The Kier molecular flexibility index (Phi) is 13.0. The van der Waals surface area contributed by atoms with Crippen molar-refractivity contribution < 1.29 is 19.1 Å². The van der Waals surface area contributed by atoms with Crippen LogP contribution in [0.3, 0.4) is 0 Å². The van der Waals surface area contributed by atoms with Gasteiger partial charge in [0.05, 0.1) is 5.71 Å². The molecular weight excluding hydrogens is 430 g/mol. The second-order valence-corrected chi connectivity index (χ2v) is 8.67. The highest BCUT2D eigenvalue weighted by atomic mass is 16.6. The van der Waals surface area contributed by atoms with Gasteiger partial charge in [-0.2, -0.15) is 4.99 Å². The van der Waals surface area contributed by atoms with Gasteiger partial charge < -0.3 is 20.5 Å². The zero-order chi connectivity index (χ0) is 26.5. The quantitative estimate of drug-likeness (QED) is 0.298. The van der Waals surface area contributed by atoms with Gasteiger partial charge in [0.2, 0.25) is 0 Å². The van der Waals surface area contributed by atoms with Gasteiger partial charge in [-0.1, -0.05) is 44.0 Å². The highest BCUT2D eigenvalue weighted by Crippen LogP contribution is 2.17. The molecule has 0 radical (unpaired) electrons. The molecule has 0 aliphatic carbocycles. The lowest BCUT2D eigenvalue weighted by atomic mass is 9.99. The normalized spacial score (nSPS) is 14.1. The average Bonchev–Trinajstić information content (AvgIpc) is 2.71. The van der Waals surface area contributed by atoms with Crippen LogP contribution >= 0.6 is 0 Å². The van der Waals surface area contributed by atoms with Crippen molar-refractivity contribution in [3.8, 4) is 0 Å². The Morgan fingerprint density at radius 2 is 1.71 bits per heavy atom. The van der Waals surface area contributed by atoms with Crippen LogP contribution in [-0.4, -0.2) is 36.7 Å². The predicted molar refractivity (Wildman–Crippen MR) is 141 cm³/mol. The van der Waals surface area contributed by atoms with Gasteiger partial charge in [-0.3, -0.25) is 0 Å². The maximum absolute atomic E-state index is 12.1. The monoisotopic (exact) mass is 469 g/mol. The minimum absolute atomic E-state index is 0.0826. The SMILES string of the molecule is C=C/C=C(\C=C)COC(=O)NCC(/C(C)=C(C)\C=C/C(=N\C(=O)OC(C)(C)C)C(=C)C)=C(\C)N. The van der Waals surface area contributed by atoms with E-state index >= 15 is 0 Å².